The van der Waals surface area contributed by atoms with E-state index < -0.39 is 5.41 Å². The highest BCUT2D eigenvalue weighted by Crippen LogP contribution is 2.57. The van der Waals surface area contributed by atoms with Crippen LogP contribution in [0.4, 0.5) is 17.1 Å². The van der Waals surface area contributed by atoms with Gasteiger partial charge in [0.15, 0.2) is 0 Å². The largest absolute Gasteiger partial charge is 0.309 e. The third-order valence-corrected chi connectivity index (χ3v) is 14.5. The number of hydrogen-bond acceptors (Lipinski definition) is 1. The topological polar surface area (TPSA) is 3.24 Å². The summed E-state index contributed by atoms with van der Waals surface area (Å²) >= 11 is 0. The summed E-state index contributed by atoms with van der Waals surface area (Å²) in [5.41, 5.74) is 19.9. The summed E-state index contributed by atoms with van der Waals surface area (Å²) in [5.74, 6) is 0. The molecule has 0 aliphatic heterocycles. The lowest BCUT2D eigenvalue weighted by molar-refractivity contribution is 0.768. The summed E-state index contributed by atoms with van der Waals surface area (Å²) < 4.78 is 0. The minimum atomic E-state index is -0.510. The number of rotatable bonds is 9. The highest BCUT2D eigenvalue weighted by atomic mass is 15.1. The van der Waals surface area contributed by atoms with Crippen molar-refractivity contribution in [2.24, 2.45) is 0 Å². The Morgan fingerprint density at radius 3 is 1.24 bits per heavy atom. The third-order valence-electron chi connectivity index (χ3n) is 14.5. The van der Waals surface area contributed by atoms with Crippen LogP contribution in [0.15, 0.2) is 285 Å². The first kappa shape index (κ1) is 41.2. The Morgan fingerprint density at radius 1 is 0.243 bits per heavy atom. The van der Waals surface area contributed by atoms with Crippen molar-refractivity contribution >= 4 is 38.6 Å². The van der Waals surface area contributed by atoms with Crippen molar-refractivity contribution in [1.82, 2.24) is 0 Å². The van der Waals surface area contributed by atoms with Gasteiger partial charge in [-0.15, -0.1) is 0 Å². The average molecular weight is 890 g/mol. The molecule has 0 unspecified atom stereocenters. The standard InChI is InChI=1S/C69H47N/c1-4-21-48(22-5-1)50-25-18-26-51(45-50)52-27-19-29-54(46-52)67-63-37-12-10-33-59(63)60-34-11-13-38-64(60)68(67)70(58-32-20-28-53(47-58)49-23-6-2-7-24-49)57-43-41-56(42-44-57)69(55-30-8-3-9-31-55)65-39-16-14-35-61(65)62-36-15-17-40-66(62)69/h1-47H. The van der Waals surface area contributed by atoms with Crippen molar-refractivity contribution in [1.29, 1.82) is 0 Å². The van der Waals surface area contributed by atoms with Gasteiger partial charge in [-0.25, -0.2) is 0 Å². The average Bonchev–Trinajstić information content (AvgIpc) is 3.75. The molecule has 0 spiro atoms. The fourth-order valence-corrected chi connectivity index (χ4v) is 11.4. The minimum Gasteiger partial charge on any atom is -0.309 e. The Hall–Kier alpha value is -9.04. The molecule has 1 aliphatic rings. The molecule has 0 fully saturated rings. The first-order chi connectivity index (χ1) is 34.7. The Labute approximate surface area is 409 Å². The van der Waals surface area contributed by atoms with Crippen molar-refractivity contribution < 1.29 is 0 Å². The maximum atomic E-state index is 2.52. The Bertz CT molecular complexity index is 3830. The molecule has 0 heterocycles. The monoisotopic (exact) mass is 889 g/mol. The second-order valence-corrected chi connectivity index (χ2v) is 18.3. The molecule has 13 rings (SSSR count). The van der Waals surface area contributed by atoms with Crippen molar-refractivity contribution in [3.63, 3.8) is 0 Å². The normalized spacial score (nSPS) is 12.4. The van der Waals surface area contributed by atoms with Crippen molar-refractivity contribution in [2.75, 3.05) is 4.90 Å². The lowest BCUT2D eigenvalue weighted by Gasteiger charge is -2.35. The van der Waals surface area contributed by atoms with Crippen LogP contribution in [0.5, 0.6) is 0 Å². The van der Waals surface area contributed by atoms with Gasteiger partial charge in [0.1, 0.15) is 0 Å². The summed E-state index contributed by atoms with van der Waals surface area (Å²) in [7, 11) is 0. The van der Waals surface area contributed by atoms with Crippen LogP contribution >= 0.6 is 0 Å². The van der Waals surface area contributed by atoms with E-state index in [4.69, 9.17) is 0 Å². The molecule has 1 heteroatoms. The lowest BCUT2D eigenvalue weighted by atomic mass is 9.67. The molecule has 328 valence electrons. The molecular weight excluding hydrogens is 843 g/mol. The van der Waals surface area contributed by atoms with E-state index in [1.165, 1.54) is 88.3 Å². The Balaban J connectivity index is 1.07. The predicted molar refractivity (Wildman–Crippen MR) is 295 cm³/mol. The fraction of sp³-hybridized carbons (Fsp3) is 0.0145. The first-order valence-electron chi connectivity index (χ1n) is 24.2. The fourth-order valence-electron chi connectivity index (χ4n) is 11.4. The zero-order chi connectivity index (χ0) is 46.4. The molecule has 0 saturated heterocycles. The van der Waals surface area contributed by atoms with Gasteiger partial charge in [0.25, 0.3) is 0 Å². The molecule has 70 heavy (non-hydrogen) atoms. The van der Waals surface area contributed by atoms with E-state index in [0.29, 0.717) is 0 Å². The van der Waals surface area contributed by atoms with Gasteiger partial charge in [-0.1, -0.05) is 249 Å². The predicted octanol–water partition coefficient (Wildman–Crippen LogP) is 18.5. The molecule has 1 aliphatic carbocycles. The van der Waals surface area contributed by atoms with Crippen LogP contribution in [0, 0.1) is 0 Å². The quantitative estimate of drug-likeness (QED) is 0.131. The highest BCUT2D eigenvalue weighted by Gasteiger charge is 2.45. The van der Waals surface area contributed by atoms with Crippen molar-refractivity contribution in [3.05, 3.63) is 307 Å². The second-order valence-electron chi connectivity index (χ2n) is 18.3. The lowest BCUT2D eigenvalue weighted by Crippen LogP contribution is -2.28. The Morgan fingerprint density at radius 2 is 0.643 bits per heavy atom. The van der Waals surface area contributed by atoms with Crippen molar-refractivity contribution in [3.8, 4) is 55.6 Å². The SMILES string of the molecule is c1ccc(-c2cccc(-c3cccc(-c4c(N(c5ccc(C6(c7ccccc7)c7ccccc7-c7ccccc76)cc5)c5cccc(-c6ccccc6)c5)c5ccccc5c5ccccc45)c3)c2)cc1. The highest BCUT2D eigenvalue weighted by molar-refractivity contribution is 6.22. The molecule has 0 radical (unpaired) electrons. The van der Waals surface area contributed by atoms with Crippen LogP contribution < -0.4 is 4.90 Å². The maximum absolute atomic E-state index is 2.52. The molecule has 12 aromatic carbocycles. The second kappa shape index (κ2) is 17.2. The summed E-state index contributed by atoms with van der Waals surface area (Å²) in [6, 6.07) is 105. The summed E-state index contributed by atoms with van der Waals surface area (Å²) in [6.45, 7) is 0. The summed E-state index contributed by atoms with van der Waals surface area (Å²) in [6.07, 6.45) is 0. The summed E-state index contributed by atoms with van der Waals surface area (Å²) in [5, 5.41) is 4.83. The van der Waals surface area contributed by atoms with E-state index in [1.54, 1.807) is 0 Å². The van der Waals surface area contributed by atoms with E-state index in [1.807, 2.05) is 0 Å². The van der Waals surface area contributed by atoms with Gasteiger partial charge in [0, 0.05) is 22.3 Å². The number of anilines is 3. The van der Waals surface area contributed by atoms with Crippen molar-refractivity contribution in [2.45, 2.75) is 5.41 Å². The van der Waals surface area contributed by atoms with E-state index in [0.717, 1.165) is 28.2 Å². The van der Waals surface area contributed by atoms with E-state index >= 15 is 0 Å². The molecule has 0 aromatic heterocycles. The van der Waals surface area contributed by atoms with Crippen LogP contribution in [0.1, 0.15) is 22.3 Å². The molecule has 0 saturated carbocycles. The van der Waals surface area contributed by atoms with Gasteiger partial charge in [-0.3, -0.25) is 0 Å². The van der Waals surface area contributed by atoms with E-state index in [9.17, 15) is 0 Å². The van der Waals surface area contributed by atoms with Gasteiger partial charge in [0.2, 0.25) is 0 Å². The molecule has 0 bridgehead atoms. The number of hydrogen-bond donors (Lipinski definition) is 0. The smallest absolute Gasteiger partial charge is 0.0713 e. The zero-order valence-corrected chi connectivity index (χ0v) is 38.6. The van der Waals surface area contributed by atoms with Gasteiger partial charge >= 0.3 is 0 Å². The molecule has 0 atom stereocenters. The van der Waals surface area contributed by atoms with Crippen LogP contribution in [0.2, 0.25) is 0 Å². The third kappa shape index (κ3) is 6.78. The Kier molecular flexibility index (Phi) is 10.1. The van der Waals surface area contributed by atoms with Gasteiger partial charge < -0.3 is 4.90 Å². The molecular formula is C69H47N. The van der Waals surface area contributed by atoms with Gasteiger partial charge in [0.05, 0.1) is 11.1 Å². The van der Waals surface area contributed by atoms with Gasteiger partial charge in [-0.2, -0.15) is 0 Å². The molecule has 0 amide bonds. The number of nitrogens with zero attached hydrogens (tertiary/aromatic N) is 1. The van der Waals surface area contributed by atoms with E-state index in [2.05, 4.69) is 290 Å². The maximum Gasteiger partial charge on any atom is 0.0713 e. The molecule has 12 aromatic rings. The van der Waals surface area contributed by atoms with Gasteiger partial charge in [-0.05, 0) is 125 Å². The van der Waals surface area contributed by atoms with Crippen LogP contribution in [0.3, 0.4) is 0 Å². The van der Waals surface area contributed by atoms with Crippen LogP contribution in [-0.2, 0) is 5.41 Å². The minimum absolute atomic E-state index is 0.510. The molecule has 0 N–H and O–H groups in total. The van der Waals surface area contributed by atoms with Crippen LogP contribution in [-0.4, -0.2) is 0 Å². The molecule has 1 nitrogen and oxygen atoms in total. The van der Waals surface area contributed by atoms with Crippen LogP contribution in [0.25, 0.3) is 77.2 Å². The van der Waals surface area contributed by atoms with E-state index in [-0.39, 0.29) is 0 Å². The first-order valence-corrected chi connectivity index (χ1v) is 24.2. The zero-order valence-electron chi connectivity index (χ0n) is 38.6. The number of fused-ring (bicyclic) bond motifs is 6. The summed E-state index contributed by atoms with van der Waals surface area (Å²) in [4.78, 5) is 2.52. The number of benzene rings is 12.